The molecule has 0 fully saturated rings. The van der Waals surface area contributed by atoms with E-state index in [0.29, 0.717) is 19.2 Å². The summed E-state index contributed by atoms with van der Waals surface area (Å²) >= 11 is 0. The molecule has 0 heterocycles. The highest BCUT2D eigenvalue weighted by molar-refractivity contribution is 5.41. The van der Waals surface area contributed by atoms with Gasteiger partial charge in [-0.25, -0.2) is 0 Å². The topological polar surface area (TPSA) is 58.7 Å². The highest BCUT2D eigenvalue weighted by Crippen LogP contribution is 2.13. The normalized spacial score (nSPS) is 11.1. The third kappa shape index (κ3) is 5.06. The Morgan fingerprint density at radius 1 is 1.24 bits per heavy atom. The van der Waals surface area contributed by atoms with Crippen molar-refractivity contribution in [1.82, 2.24) is 4.90 Å². The van der Waals surface area contributed by atoms with Crippen LogP contribution in [0.5, 0.6) is 5.75 Å². The standard InChI is InChI=1S/C13H22N2O2/c1-11(2)15(7-9-16)8-10-17-13-5-3-12(14)4-6-13/h3-6,11,16H,7-10,14H2,1-2H3. The lowest BCUT2D eigenvalue weighted by atomic mass is 10.3. The molecule has 17 heavy (non-hydrogen) atoms. The fourth-order valence-corrected chi connectivity index (χ4v) is 1.60. The molecule has 96 valence electrons. The molecular weight excluding hydrogens is 216 g/mol. The molecular formula is C13H22N2O2. The molecule has 0 aliphatic heterocycles. The fraction of sp³-hybridized carbons (Fsp3) is 0.538. The van der Waals surface area contributed by atoms with Gasteiger partial charge in [0.25, 0.3) is 0 Å². The Balaban J connectivity index is 2.33. The maximum Gasteiger partial charge on any atom is 0.119 e. The molecule has 0 spiro atoms. The number of nitrogens with zero attached hydrogens (tertiary/aromatic N) is 1. The van der Waals surface area contributed by atoms with Gasteiger partial charge in [0.1, 0.15) is 12.4 Å². The van der Waals surface area contributed by atoms with Crippen LogP contribution in [0.2, 0.25) is 0 Å². The minimum absolute atomic E-state index is 0.181. The molecule has 1 aromatic carbocycles. The Labute approximate surface area is 103 Å². The van der Waals surface area contributed by atoms with E-state index in [1.807, 2.05) is 24.3 Å². The average molecular weight is 238 g/mol. The molecule has 0 aliphatic rings. The number of benzene rings is 1. The molecule has 0 aliphatic carbocycles. The summed E-state index contributed by atoms with van der Waals surface area (Å²) in [6, 6.07) is 7.78. The molecule has 3 N–H and O–H groups in total. The van der Waals surface area contributed by atoms with Crippen molar-refractivity contribution in [2.24, 2.45) is 0 Å². The van der Waals surface area contributed by atoms with Crippen molar-refractivity contribution < 1.29 is 9.84 Å². The van der Waals surface area contributed by atoms with Crippen LogP contribution in [0.15, 0.2) is 24.3 Å². The van der Waals surface area contributed by atoms with Gasteiger partial charge in [-0.05, 0) is 38.1 Å². The van der Waals surface area contributed by atoms with Crippen LogP contribution in [-0.2, 0) is 0 Å². The Morgan fingerprint density at radius 2 is 1.88 bits per heavy atom. The Kier molecular flexibility index (Phi) is 5.80. The quantitative estimate of drug-likeness (QED) is 0.704. The highest BCUT2D eigenvalue weighted by Gasteiger charge is 2.08. The van der Waals surface area contributed by atoms with Crippen LogP contribution in [0.3, 0.4) is 0 Å². The van der Waals surface area contributed by atoms with E-state index >= 15 is 0 Å². The largest absolute Gasteiger partial charge is 0.492 e. The van der Waals surface area contributed by atoms with Gasteiger partial charge >= 0.3 is 0 Å². The lowest BCUT2D eigenvalue weighted by Gasteiger charge is -2.25. The van der Waals surface area contributed by atoms with Crippen molar-refractivity contribution >= 4 is 5.69 Å². The lowest BCUT2D eigenvalue weighted by molar-refractivity contribution is 0.141. The zero-order valence-electron chi connectivity index (χ0n) is 10.6. The van der Waals surface area contributed by atoms with Crippen LogP contribution in [0.1, 0.15) is 13.8 Å². The van der Waals surface area contributed by atoms with Gasteiger partial charge in [0.2, 0.25) is 0 Å². The summed E-state index contributed by atoms with van der Waals surface area (Å²) in [4.78, 5) is 2.18. The van der Waals surface area contributed by atoms with Crippen LogP contribution >= 0.6 is 0 Å². The first kappa shape index (κ1) is 13.8. The van der Waals surface area contributed by atoms with Gasteiger partial charge in [0, 0.05) is 24.8 Å². The molecule has 0 unspecified atom stereocenters. The van der Waals surface area contributed by atoms with E-state index in [9.17, 15) is 0 Å². The Hall–Kier alpha value is -1.26. The predicted molar refractivity (Wildman–Crippen MR) is 70.1 cm³/mol. The van der Waals surface area contributed by atoms with Crippen molar-refractivity contribution in [3.63, 3.8) is 0 Å². The number of rotatable bonds is 7. The average Bonchev–Trinajstić information content (AvgIpc) is 2.30. The van der Waals surface area contributed by atoms with Gasteiger partial charge < -0.3 is 15.6 Å². The second-order valence-electron chi connectivity index (χ2n) is 4.27. The van der Waals surface area contributed by atoms with Crippen molar-refractivity contribution in [1.29, 1.82) is 0 Å². The number of nitrogen functional groups attached to an aromatic ring is 1. The van der Waals surface area contributed by atoms with E-state index in [-0.39, 0.29) is 6.61 Å². The van der Waals surface area contributed by atoms with E-state index in [1.165, 1.54) is 0 Å². The van der Waals surface area contributed by atoms with E-state index in [2.05, 4.69) is 18.7 Å². The maximum absolute atomic E-state index is 8.94. The van der Waals surface area contributed by atoms with Gasteiger partial charge in [-0.15, -0.1) is 0 Å². The molecule has 0 amide bonds. The zero-order chi connectivity index (χ0) is 12.7. The van der Waals surface area contributed by atoms with Crippen LogP contribution < -0.4 is 10.5 Å². The van der Waals surface area contributed by atoms with Crippen molar-refractivity contribution in [3.8, 4) is 5.75 Å². The summed E-state index contributed by atoms with van der Waals surface area (Å²) in [6.07, 6.45) is 0. The second-order valence-corrected chi connectivity index (χ2v) is 4.27. The number of aliphatic hydroxyl groups is 1. The molecule has 0 saturated carbocycles. The minimum Gasteiger partial charge on any atom is -0.492 e. The van der Waals surface area contributed by atoms with Gasteiger partial charge in [-0.2, -0.15) is 0 Å². The summed E-state index contributed by atoms with van der Waals surface area (Å²) in [5, 5.41) is 8.94. The minimum atomic E-state index is 0.181. The summed E-state index contributed by atoms with van der Waals surface area (Å²) in [5.41, 5.74) is 6.33. The summed E-state index contributed by atoms with van der Waals surface area (Å²) in [5.74, 6) is 0.826. The van der Waals surface area contributed by atoms with Gasteiger partial charge in [-0.3, -0.25) is 4.90 Å². The Morgan fingerprint density at radius 3 is 2.41 bits per heavy atom. The zero-order valence-corrected chi connectivity index (χ0v) is 10.6. The van der Waals surface area contributed by atoms with Crippen molar-refractivity contribution in [2.75, 3.05) is 32.0 Å². The molecule has 0 radical (unpaired) electrons. The van der Waals surface area contributed by atoms with Gasteiger partial charge in [0.05, 0.1) is 6.61 Å². The number of anilines is 1. The first-order valence-electron chi connectivity index (χ1n) is 5.96. The van der Waals surface area contributed by atoms with Crippen molar-refractivity contribution in [3.05, 3.63) is 24.3 Å². The van der Waals surface area contributed by atoms with Gasteiger partial charge in [0.15, 0.2) is 0 Å². The number of ether oxygens (including phenoxy) is 1. The molecule has 4 nitrogen and oxygen atoms in total. The van der Waals surface area contributed by atoms with E-state index < -0.39 is 0 Å². The summed E-state index contributed by atoms with van der Waals surface area (Å²) < 4.78 is 5.61. The predicted octanol–water partition coefficient (Wildman–Crippen LogP) is 1.35. The smallest absolute Gasteiger partial charge is 0.119 e. The van der Waals surface area contributed by atoms with E-state index in [4.69, 9.17) is 15.6 Å². The van der Waals surface area contributed by atoms with E-state index in [1.54, 1.807) is 0 Å². The molecule has 0 bridgehead atoms. The van der Waals surface area contributed by atoms with Gasteiger partial charge in [-0.1, -0.05) is 0 Å². The SMILES string of the molecule is CC(C)N(CCO)CCOc1ccc(N)cc1. The van der Waals surface area contributed by atoms with Crippen LogP contribution in [0.4, 0.5) is 5.69 Å². The monoisotopic (exact) mass is 238 g/mol. The van der Waals surface area contributed by atoms with Crippen LogP contribution in [0.25, 0.3) is 0 Å². The molecule has 0 atom stereocenters. The lowest BCUT2D eigenvalue weighted by Crippen LogP contribution is -2.36. The van der Waals surface area contributed by atoms with E-state index in [0.717, 1.165) is 18.0 Å². The summed E-state index contributed by atoms with van der Waals surface area (Å²) in [7, 11) is 0. The molecule has 1 aromatic rings. The van der Waals surface area contributed by atoms with Crippen LogP contribution in [0, 0.1) is 0 Å². The number of hydrogen-bond donors (Lipinski definition) is 2. The third-order valence-electron chi connectivity index (χ3n) is 2.64. The first-order valence-corrected chi connectivity index (χ1v) is 5.96. The molecule has 0 aromatic heterocycles. The third-order valence-corrected chi connectivity index (χ3v) is 2.64. The van der Waals surface area contributed by atoms with Crippen LogP contribution in [-0.4, -0.2) is 42.4 Å². The number of hydrogen-bond acceptors (Lipinski definition) is 4. The second kappa shape index (κ2) is 7.14. The molecule has 0 saturated heterocycles. The number of aliphatic hydroxyl groups excluding tert-OH is 1. The van der Waals surface area contributed by atoms with Crippen molar-refractivity contribution in [2.45, 2.75) is 19.9 Å². The summed E-state index contributed by atoms with van der Waals surface area (Å²) in [6.45, 7) is 6.51. The first-order chi connectivity index (χ1) is 8.13. The maximum atomic E-state index is 8.94. The fourth-order valence-electron chi connectivity index (χ4n) is 1.60. The highest BCUT2D eigenvalue weighted by atomic mass is 16.5. The molecule has 4 heteroatoms. The molecule has 1 rings (SSSR count). The Bertz CT molecular complexity index is 312. The number of nitrogens with two attached hydrogens (primary N) is 1.